The molecular weight excluding hydrogens is 300 g/mol. The van der Waals surface area contributed by atoms with E-state index in [1.165, 1.54) is 4.68 Å². The zero-order valence-corrected chi connectivity index (χ0v) is 10.6. The highest BCUT2D eigenvalue weighted by Crippen LogP contribution is 2.26. The van der Waals surface area contributed by atoms with Gasteiger partial charge in [-0.25, -0.2) is 4.68 Å². The predicted molar refractivity (Wildman–Crippen MR) is 59.5 cm³/mol. The Morgan fingerprint density at radius 2 is 2.23 bits per heavy atom. The van der Waals surface area contributed by atoms with E-state index in [1.54, 1.807) is 7.05 Å². The minimum Gasteiger partial charge on any atom is -0.268 e. The van der Waals surface area contributed by atoms with Crippen LogP contribution in [0.15, 0.2) is 10.9 Å². The van der Waals surface area contributed by atoms with E-state index in [1.807, 2.05) is 13.0 Å². The molecule has 3 nitrogen and oxygen atoms in total. The molecule has 0 saturated heterocycles. The number of hydrogen-bond donors (Lipinski definition) is 0. The number of nitrogens with zero attached hydrogens (tertiary/aromatic N) is 2. The molecule has 0 saturated carbocycles. The fourth-order valence-electron chi connectivity index (χ4n) is 1.06. The lowest BCUT2D eigenvalue weighted by Crippen LogP contribution is -2.24. The predicted octanol–water partition coefficient (Wildman–Crippen LogP) is 2.13. The molecule has 0 bridgehead atoms. The summed E-state index contributed by atoms with van der Waals surface area (Å²) >= 11 is 6.69. The van der Waals surface area contributed by atoms with E-state index in [-0.39, 0.29) is 9.30 Å². The van der Waals surface area contributed by atoms with Crippen molar-refractivity contribution in [3.63, 3.8) is 0 Å². The smallest absolute Gasteiger partial charge is 0.268 e. The summed E-state index contributed by atoms with van der Waals surface area (Å²) in [5.74, 6) is 0. The summed E-state index contributed by atoms with van der Waals surface area (Å²) in [7, 11) is 1.66. The Morgan fingerprint density at radius 1 is 1.62 bits per heavy atom. The molecule has 5 heteroatoms. The van der Waals surface area contributed by atoms with Crippen molar-refractivity contribution in [3.8, 4) is 0 Å². The summed E-state index contributed by atoms with van der Waals surface area (Å²) in [6.45, 7) is 1.96. The average molecular weight is 310 g/mol. The minimum absolute atomic E-state index is 0.00269. The fourth-order valence-corrected chi connectivity index (χ4v) is 1.50. The quantitative estimate of drug-likeness (QED) is 0.785. The van der Waals surface area contributed by atoms with Crippen LogP contribution in [-0.2, 0) is 13.5 Å². The van der Waals surface area contributed by atoms with Gasteiger partial charge in [-0.1, -0.05) is 38.8 Å². The van der Waals surface area contributed by atoms with Crippen LogP contribution in [0.5, 0.6) is 0 Å². The monoisotopic (exact) mass is 308 g/mol. The summed E-state index contributed by atoms with van der Waals surface area (Å²) in [6.07, 6.45) is 0.731. The summed E-state index contributed by atoms with van der Waals surface area (Å²) in [5, 5.41) is 4.09. The zero-order valence-electron chi connectivity index (χ0n) is 7.42. The summed E-state index contributed by atoms with van der Waals surface area (Å²) in [6, 6.07) is 1.82. The highest BCUT2D eigenvalue weighted by Gasteiger charge is 2.09. The average Bonchev–Trinajstić information content (AvgIpc) is 2.09. The molecule has 0 N–H and O–H groups in total. The Kier molecular flexibility index (Phi) is 3.67. The van der Waals surface area contributed by atoms with Gasteiger partial charge < -0.3 is 0 Å². The second kappa shape index (κ2) is 4.37. The number of hydrogen-bond acceptors (Lipinski definition) is 2. The lowest BCUT2D eigenvalue weighted by molar-refractivity contribution is 0.678. The third-order valence-electron chi connectivity index (χ3n) is 1.76. The van der Waals surface area contributed by atoms with Gasteiger partial charge >= 0.3 is 0 Å². The number of alkyl halides is 2. The number of aromatic nitrogens is 2. The van der Waals surface area contributed by atoms with Crippen LogP contribution in [0.1, 0.15) is 21.9 Å². The van der Waals surface area contributed by atoms with Crippen LogP contribution in [0.25, 0.3) is 0 Å². The SMILES string of the molecule is CCc1cc(C(Br)Br)nn(C)c1=O. The van der Waals surface area contributed by atoms with Crippen molar-refractivity contribution in [2.45, 2.75) is 17.1 Å². The van der Waals surface area contributed by atoms with Gasteiger partial charge in [0.05, 0.1) is 5.69 Å². The Hall–Kier alpha value is -0.160. The van der Waals surface area contributed by atoms with E-state index in [9.17, 15) is 4.79 Å². The maximum atomic E-state index is 11.4. The van der Waals surface area contributed by atoms with Crippen molar-refractivity contribution in [1.29, 1.82) is 0 Å². The molecule has 1 heterocycles. The topological polar surface area (TPSA) is 34.9 Å². The van der Waals surface area contributed by atoms with Crippen LogP contribution < -0.4 is 5.56 Å². The van der Waals surface area contributed by atoms with E-state index < -0.39 is 0 Å². The summed E-state index contributed by atoms with van der Waals surface area (Å²) < 4.78 is 1.36. The number of aryl methyl sites for hydroxylation is 2. The minimum atomic E-state index is -0.0214. The van der Waals surface area contributed by atoms with Crippen molar-refractivity contribution in [1.82, 2.24) is 9.78 Å². The van der Waals surface area contributed by atoms with E-state index in [0.717, 1.165) is 17.7 Å². The van der Waals surface area contributed by atoms with Crippen LogP contribution in [0.4, 0.5) is 0 Å². The van der Waals surface area contributed by atoms with Gasteiger partial charge in [-0.3, -0.25) is 4.79 Å². The summed E-state index contributed by atoms with van der Waals surface area (Å²) in [4.78, 5) is 11.4. The molecular formula is C8H10Br2N2O. The molecule has 72 valence electrons. The van der Waals surface area contributed by atoms with Crippen molar-refractivity contribution < 1.29 is 0 Å². The fraction of sp³-hybridized carbons (Fsp3) is 0.500. The molecule has 1 rings (SSSR count). The van der Waals surface area contributed by atoms with Gasteiger partial charge in [0, 0.05) is 12.6 Å². The Labute approximate surface area is 93.4 Å². The first-order valence-corrected chi connectivity index (χ1v) is 5.74. The standard InChI is InChI=1S/C8H10Br2N2O/c1-3-5-4-6(7(9)10)11-12(2)8(5)13/h4,7H,3H2,1-2H3. The molecule has 0 radical (unpaired) electrons. The Balaban J connectivity index is 3.30. The Bertz CT molecular complexity index is 360. The first-order valence-electron chi connectivity index (χ1n) is 3.91. The second-order valence-corrected chi connectivity index (χ2v) is 5.74. The van der Waals surface area contributed by atoms with Crippen molar-refractivity contribution in [2.24, 2.45) is 7.05 Å². The lowest BCUT2D eigenvalue weighted by atomic mass is 10.2. The molecule has 0 aliphatic rings. The molecule has 0 aliphatic carbocycles. The molecule has 0 unspecified atom stereocenters. The molecule has 0 spiro atoms. The van der Waals surface area contributed by atoms with Crippen LogP contribution >= 0.6 is 31.9 Å². The largest absolute Gasteiger partial charge is 0.269 e. The van der Waals surface area contributed by atoms with Gasteiger partial charge in [0.1, 0.15) is 3.74 Å². The van der Waals surface area contributed by atoms with E-state index in [0.29, 0.717) is 0 Å². The molecule has 0 aliphatic heterocycles. The maximum absolute atomic E-state index is 11.4. The number of rotatable bonds is 2. The normalized spacial score (nSPS) is 10.8. The highest BCUT2D eigenvalue weighted by atomic mass is 79.9. The van der Waals surface area contributed by atoms with Gasteiger partial charge in [-0.05, 0) is 12.5 Å². The van der Waals surface area contributed by atoms with Crippen molar-refractivity contribution in [2.75, 3.05) is 0 Å². The molecule has 1 aromatic heterocycles. The third kappa shape index (κ3) is 2.40. The first-order chi connectivity index (χ1) is 6.06. The first kappa shape index (κ1) is 10.9. The van der Waals surface area contributed by atoms with E-state index >= 15 is 0 Å². The van der Waals surface area contributed by atoms with Crippen molar-refractivity contribution >= 4 is 31.9 Å². The molecule has 0 amide bonds. The van der Waals surface area contributed by atoms with Crippen LogP contribution in [0.3, 0.4) is 0 Å². The molecule has 0 aromatic carbocycles. The number of halogens is 2. The van der Waals surface area contributed by atoms with Crippen LogP contribution in [0.2, 0.25) is 0 Å². The van der Waals surface area contributed by atoms with Crippen LogP contribution in [-0.4, -0.2) is 9.78 Å². The molecule has 0 atom stereocenters. The lowest BCUT2D eigenvalue weighted by Gasteiger charge is -2.06. The van der Waals surface area contributed by atoms with Gasteiger partial charge in [-0.2, -0.15) is 5.10 Å². The van der Waals surface area contributed by atoms with E-state index in [2.05, 4.69) is 37.0 Å². The Morgan fingerprint density at radius 3 is 2.69 bits per heavy atom. The maximum Gasteiger partial charge on any atom is 0.269 e. The molecule has 0 fully saturated rings. The second-order valence-electron chi connectivity index (χ2n) is 2.68. The summed E-state index contributed by atoms with van der Waals surface area (Å²) in [5.41, 5.74) is 1.59. The molecule has 1 aromatic rings. The van der Waals surface area contributed by atoms with Gasteiger partial charge in [-0.15, -0.1) is 0 Å². The van der Waals surface area contributed by atoms with Crippen LogP contribution in [0, 0.1) is 0 Å². The molecule has 13 heavy (non-hydrogen) atoms. The zero-order chi connectivity index (χ0) is 10.0. The van der Waals surface area contributed by atoms with E-state index in [4.69, 9.17) is 0 Å². The highest BCUT2D eigenvalue weighted by molar-refractivity contribution is 9.24. The van der Waals surface area contributed by atoms with Crippen molar-refractivity contribution in [3.05, 3.63) is 27.7 Å². The van der Waals surface area contributed by atoms with Gasteiger partial charge in [0.25, 0.3) is 5.56 Å². The van der Waals surface area contributed by atoms with Gasteiger partial charge in [0.2, 0.25) is 0 Å². The third-order valence-corrected chi connectivity index (χ3v) is 2.70. The van der Waals surface area contributed by atoms with Gasteiger partial charge in [0.15, 0.2) is 0 Å².